The van der Waals surface area contributed by atoms with Crippen LogP contribution < -0.4 is 0 Å². The third-order valence-electron chi connectivity index (χ3n) is 16.0. The van der Waals surface area contributed by atoms with Crippen LogP contribution in [0.5, 0.6) is 0 Å². The van der Waals surface area contributed by atoms with E-state index in [1.54, 1.807) is 0 Å². The summed E-state index contributed by atoms with van der Waals surface area (Å²) in [5, 5.41) is 5.06. The maximum absolute atomic E-state index is 5.19. The summed E-state index contributed by atoms with van der Waals surface area (Å²) in [7, 11) is 0. The van der Waals surface area contributed by atoms with Gasteiger partial charge in [-0.1, -0.05) is 232 Å². The van der Waals surface area contributed by atoms with E-state index >= 15 is 0 Å². The highest BCUT2D eigenvalue weighted by Crippen LogP contribution is 2.50. The van der Waals surface area contributed by atoms with Crippen molar-refractivity contribution in [2.45, 2.75) is 38.5 Å². The molecule has 13 aromatic rings. The molecule has 4 nitrogen and oxygen atoms in total. The molecule has 0 bridgehead atoms. The van der Waals surface area contributed by atoms with E-state index in [9.17, 15) is 0 Å². The molecule has 0 radical (unpaired) electrons. The molecule has 4 heterocycles. The van der Waals surface area contributed by atoms with Gasteiger partial charge in [0, 0.05) is 26.4 Å². The third kappa shape index (κ3) is 7.02. The lowest BCUT2D eigenvalue weighted by atomic mass is 9.74. The van der Waals surface area contributed by atoms with E-state index in [1.807, 2.05) is 6.07 Å². The van der Waals surface area contributed by atoms with Crippen molar-refractivity contribution in [3.8, 4) is 67.5 Å². The summed E-state index contributed by atoms with van der Waals surface area (Å²) < 4.78 is 5.82. The molecule has 2 aromatic heterocycles. The van der Waals surface area contributed by atoms with Crippen molar-refractivity contribution in [2.75, 3.05) is 0 Å². The molecular formula is C70H51BrN4. The monoisotopic (exact) mass is 1030 g/mol. The summed E-state index contributed by atoms with van der Waals surface area (Å²) in [4.78, 5) is 10.2. The van der Waals surface area contributed by atoms with Crippen LogP contribution in [0.1, 0.15) is 49.9 Å². The lowest BCUT2D eigenvalue weighted by Gasteiger charge is -2.35. The summed E-state index contributed by atoms with van der Waals surface area (Å²) in [6.07, 6.45) is 0. The summed E-state index contributed by atoms with van der Waals surface area (Å²) in [6, 6.07) is 85.3. The van der Waals surface area contributed by atoms with Gasteiger partial charge in [0.25, 0.3) is 0 Å². The van der Waals surface area contributed by atoms with Crippen LogP contribution in [-0.2, 0) is 10.8 Å². The van der Waals surface area contributed by atoms with Crippen molar-refractivity contribution in [1.29, 1.82) is 0 Å². The molecule has 358 valence electrons. The van der Waals surface area contributed by atoms with Gasteiger partial charge in [-0.25, -0.2) is 9.97 Å². The fourth-order valence-electron chi connectivity index (χ4n) is 12.4. The maximum atomic E-state index is 5.19. The van der Waals surface area contributed by atoms with E-state index in [1.165, 1.54) is 99.6 Å². The van der Waals surface area contributed by atoms with Gasteiger partial charge in [0.05, 0.1) is 33.4 Å². The van der Waals surface area contributed by atoms with Crippen LogP contribution in [0.15, 0.2) is 241 Å². The van der Waals surface area contributed by atoms with E-state index in [2.05, 4.69) is 283 Å². The average molecular weight is 1030 g/mol. The highest BCUT2D eigenvalue weighted by molar-refractivity contribution is 9.10. The number of fused-ring (bicyclic) bond motifs is 6. The van der Waals surface area contributed by atoms with Crippen molar-refractivity contribution < 1.29 is 0 Å². The van der Waals surface area contributed by atoms with Crippen molar-refractivity contribution in [2.24, 2.45) is 0 Å². The number of imidazole rings is 2. The molecule has 2 aliphatic heterocycles. The molecule has 0 spiro atoms. The van der Waals surface area contributed by atoms with Crippen LogP contribution in [0, 0.1) is 0 Å². The Morgan fingerprint density at radius 3 is 1.23 bits per heavy atom. The number of halogens is 1. The van der Waals surface area contributed by atoms with Crippen LogP contribution in [0.4, 0.5) is 0 Å². The summed E-state index contributed by atoms with van der Waals surface area (Å²) in [5.74, 6) is 1.98. The molecule has 75 heavy (non-hydrogen) atoms. The molecule has 11 aromatic carbocycles. The number of aromatic nitrogens is 4. The van der Waals surface area contributed by atoms with Crippen LogP contribution in [0.2, 0.25) is 0 Å². The minimum atomic E-state index is -0.211. The summed E-state index contributed by atoms with van der Waals surface area (Å²) in [5.41, 5.74) is 21.6. The Labute approximate surface area is 445 Å². The van der Waals surface area contributed by atoms with Gasteiger partial charge in [-0.05, 0) is 126 Å². The van der Waals surface area contributed by atoms with E-state index in [-0.39, 0.29) is 10.8 Å². The first kappa shape index (κ1) is 45.0. The van der Waals surface area contributed by atoms with Crippen LogP contribution in [0.25, 0.3) is 111 Å². The predicted octanol–water partition coefficient (Wildman–Crippen LogP) is 18.7. The van der Waals surface area contributed by atoms with Crippen molar-refractivity contribution in [1.82, 2.24) is 19.1 Å². The normalized spacial score (nSPS) is 13.6. The molecule has 2 aliphatic rings. The number of hydrogen-bond acceptors (Lipinski definition) is 2. The Bertz CT molecular complexity index is 4400. The van der Waals surface area contributed by atoms with Gasteiger partial charge in [0.15, 0.2) is 0 Å². The SMILES string of the molecule is CC1(C)c2cc(-c3ccc4c(-c5ccccc5)c5ccccc5c(-c5ccccc5)c4c3)ccc2-n2c(-c3ccccc3)nc3cccc1c32.CC1(C)c2cc(Br)ccc2-n2c(-c3ccccc3)nc3cccc1c32. The fourth-order valence-corrected chi connectivity index (χ4v) is 12.7. The first-order valence-electron chi connectivity index (χ1n) is 25.8. The first-order chi connectivity index (χ1) is 36.6. The predicted molar refractivity (Wildman–Crippen MR) is 316 cm³/mol. The second-order valence-corrected chi connectivity index (χ2v) is 22.0. The molecule has 0 unspecified atom stereocenters. The standard InChI is InChI=1S/C48H34N2.C22H17BrN2/c1-48(2)40-23-14-24-42-46(40)50(47(49-42)33-19-10-5-11-20-33)43-28-26-35(30-41(43)48)34-25-27-38-39(29-34)45(32-17-8-4-9-18-32)37-22-13-12-21-36(37)44(38)31-15-6-3-7-16-31;1-22(2)16-9-6-10-18-20(16)25(19-12-11-15(23)13-17(19)22)21(24-18)14-7-4-3-5-8-14/h3-30H,1-2H3;3-13H,1-2H3. The Balaban J connectivity index is 0.000000172. The second-order valence-electron chi connectivity index (χ2n) is 21.1. The number of nitrogens with zero attached hydrogens (tertiary/aromatic N) is 4. The maximum Gasteiger partial charge on any atom is 0.145 e. The van der Waals surface area contributed by atoms with Gasteiger partial charge in [-0.3, -0.25) is 9.13 Å². The zero-order valence-corrected chi connectivity index (χ0v) is 43.8. The van der Waals surface area contributed by atoms with Crippen molar-refractivity contribution in [3.63, 3.8) is 0 Å². The van der Waals surface area contributed by atoms with Crippen molar-refractivity contribution in [3.05, 3.63) is 263 Å². The Kier molecular flexibility index (Phi) is 10.3. The third-order valence-corrected chi connectivity index (χ3v) is 16.5. The van der Waals surface area contributed by atoms with Gasteiger partial charge >= 0.3 is 0 Å². The zero-order valence-electron chi connectivity index (χ0n) is 42.2. The fraction of sp³-hybridized carbons (Fsp3) is 0.0857. The lowest BCUT2D eigenvalue weighted by molar-refractivity contribution is 0.628. The average Bonchev–Trinajstić information content (AvgIpc) is 4.12. The summed E-state index contributed by atoms with van der Waals surface area (Å²) >= 11 is 3.65. The van der Waals surface area contributed by atoms with E-state index in [0.717, 1.165) is 38.3 Å². The Morgan fingerprint density at radius 1 is 0.320 bits per heavy atom. The van der Waals surface area contributed by atoms with Gasteiger partial charge in [-0.15, -0.1) is 0 Å². The van der Waals surface area contributed by atoms with Gasteiger partial charge in [-0.2, -0.15) is 0 Å². The minimum absolute atomic E-state index is 0.0669. The highest BCUT2D eigenvalue weighted by Gasteiger charge is 2.37. The van der Waals surface area contributed by atoms with Gasteiger partial charge in [0.2, 0.25) is 0 Å². The molecule has 0 aliphatic carbocycles. The topological polar surface area (TPSA) is 35.6 Å². The first-order valence-corrected chi connectivity index (χ1v) is 26.6. The highest BCUT2D eigenvalue weighted by atomic mass is 79.9. The largest absolute Gasteiger partial charge is 0.292 e. The second kappa shape index (κ2) is 17.2. The van der Waals surface area contributed by atoms with Crippen LogP contribution in [0.3, 0.4) is 0 Å². The number of benzene rings is 11. The quantitative estimate of drug-likeness (QED) is 0.161. The van der Waals surface area contributed by atoms with E-state index in [4.69, 9.17) is 9.97 Å². The molecule has 0 N–H and O–H groups in total. The number of para-hydroxylation sites is 2. The van der Waals surface area contributed by atoms with Crippen LogP contribution in [-0.4, -0.2) is 19.1 Å². The number of hydrogen-bond donors (Lipinski definition) is 0. The molecule has 0 saturated heterocycles. The van der Waals surface area contributed by atoms with Crippen LogP contribution >= 0.6 is 15.9 Å². The minimum Gasteiger partial charge on any atom is -0.292 e. The molecular weight excluding hydrogens is 977 g/mol. The van der Waals surface area contributed by atoms with Gasteiger partial charge in [0.1, 0.15) is 11.6 Å². The van der Waals surface area contributed by atoms with E-state index in [0.29, 0.717) is 0 Å². The Morgan fingerprint density at radius 2 is 0.720 bits per heavy atom. The molecule has 0 saturated carbocycles. The molecule has 0 fully saturated rings. The lowest BCUT2D eigenvalue weighted by Crippen LogP contribution is -2.26. The molecule has 0 amide bonds. The smallest absolute Gasteiger partial charge is 0.145 e. The molecule has 5 heteroatoms. The molecule has 0 atom stereocenters. The van der Waals surface area contributed by atoms with E-state index < -0.39 is 0 Å². The van der Waals surface area contributed by atoms with Crippen molar-refractivity contribution >= 4 is 59.5 Å². The summed E-state index contributed by atoms with van der Waals surface area (Å²) in [6.45, 7) is 9.31. The molecule has 15 rings (SSSR count). The Hall–Kier alpha value is -8.64. The van der Waals surface area contributed by atoms with Gasteiger partial charge < -0.3 is 0 Å². The number of rotatable bonds is 5. The zero-order chi connectivity index (χ0) is 50.6.